The average Bonchev–Trinajstić information content (AvgIpc) is 2.80. The lowest BCUT2D eigenvalue weighted by Gasteiger charge is -2.00. The van der Waals surface area contributed by atoms with Crippen LogP contribution in [0.15, 0.2) is 18.5 Å². The molecule has 3 nitrogen and oxygen atoms in total. The fraction of sp³-hybridized carbons (Fsp3) is 0.444. The largest absolute Gasteiger partial charge is 0.367 e. The number of H-pyrrole nitrogens is 1. The molecule has 0 aromatic carbocycles. The normalized spacial score (nSPS) is 16.0. The first-order valence-electron chi connectivity index (χ1n) is 4.25. The highest BCUT2D eigenvalue weighted by molar-refractivity contribution is 5.80. The van der Waals surface area contributed by atoms with Crippen molar-refractivity contribution in [2.24, 2.45) is 5.92 Å². The van der Waals surface area contributed by atoms with Gasteiger partial charge in [-0.05, 0) is 24.5 Å². The van der Waals surface area contributed by atoms with E-state index in [2.05, 4.69) is 10.3 Å². The van der Waals surface area contributed by atoms with E-state index < -0.39 is 0 Å². The fourth-order valence-electron chi connectivity index (χ4n) is 1.15. The molecule has 2 N–H and O–H groups in total. The van der Waals surface area contributed by atoms with Crippen LogP contribution in [0.3, 0.4) is 0 Å². The second-order valence-electron chi connectivity index (χ2n) is 3.21. The van der Waals surface area contributed by atoms with E-state index in [0.29, 0.717) is 12.5 Å². The van der Waals surface area contributed by atoms with E-state index >= 15 is 0 Å². The number of nitrogens with one attached hydrogen (secondary N) is 2. The van der Waals surface area contributed by atoms with Crippen molar-refractivity contribution in [1.82, 2.24) is 10.3 Å². The Morgan fingerprint density at radius 3 is 3.08 bits per heavy atom. The van der Waals surface area contributed by atoms with Crippen molar-refractivity contribution in [3.8, 4) is 0 Å². The van der Waals surface area contributed by atoms with Crippen molar-refractivity contribution in [2.45, 2.75) is 19.4 Å². The third-order valence-corrected chi connectivity index (χ3v) is 2.08. The first kappa shape index (κ1) is 7.40. The quantitative estimate of drug-likeness (QED) is 0.688. The molecule has 64 valence electrons. The van der Waals surface area contributed by atoms with Crippen LogP contribution < -0.4 is 5.32 Å². The predicted molar refractivity (Wildman–Crippen MR) is 45.4 cm³/mol. The van der Waals surface area contributed by atoms with E-state index in [1.165, 1.54) is 0 Å². The van der Waals surface area contributed by atoms with Crippen LogP contribution in [0.5, 0.6) is 0 Å². The van der Waals surface area contributed by atoms with Crippen LogP contribution in [0.2, 0.25) is 0 Å². The van der Waals surface area contributed by atoms with Gasteiger partial charge in [-0.1, -0.05) is 0 Å². The molecule has 2 rings (SSSR count). The van der Waals surface area contributed by atoms with Gasteiger partial charge in [-0.15, -0.1) is 0 Å². The standard InChI is InChI=1S/C9H12N2O/c12-9(8-1-2-8)11-6-7-3-4-10-5-7/h3-5,8,10H,1-2,6H2,(H,11,12). The number of aromatic amines is 1. The van der Waals surface area contributed by atoms with Crippen LogP contribution in [0.1, 0.15) is 18.4 Å². The Kier molecular flexibility index (Phi) is 1.86. The Labute approximate surface area is 71.2 Å². The second-order valence-corrected chi connectivity index (χ2v) is 3.21. The molecule has 0 spiro atoms. The molecule has 0 radical (unpaired) electrons. The number of rotatable bonds is 3. The average molecular weight is 164 g/mol. The zero-order chi connectivity index (χ0) is 8.39. The molecule has 1 heterocycles. The minimum atomic E-state index is 0.205. The summed E-state index contributed by atoms with van der Waals surface area (Å²) in [6.45, 7) is 0.652. The Morgan fingerprint density at radius 2 is 2.50 bits per heavy atom. The molecule has 1 aromatic heterocycles. The van der Waals surface area contributed by atoms with Gasteiger partial charge in [0.15, 0.2) is 0 Å². The molecule has 3 heteroatoms. The summed E-state index contributed by atoms with van der Waals surface area (Å²) in [5.74, 6) is 0.514. The van der Waals surface area contributed by atoms with Crippen LogP contribution in [-0.4, -0.2) is 10.9 Å². The minimum absolute atomic E-state index is 0.205. The number of amides is 1. The number of hydrogen-bond donors (Lipinski definition) is 2. The molecule has 1 amide bonds. The van der Waals surface area contributed by atoms with Crippen molar-refractivity contribution in [3.05, 3.63) is 24.0 Å². The smallest absolute Gasteiger partial charge is 0.223 e. The van der Waals surface area contributed by atoms with Gasteiger partial charge < -0.3 is 10.3 Å². The monoisotopic (exact) mass is 164 g/mol. The van der Waals surface area contributed by atoms with Gasteiger partial charge in [-0.25, -0.2) is 0 Å². The number of carbonyl (C=O) groups excluding carboxylic acids is 1. The summed E-state index contributed by atoms with van der Waals surface area (Å²) < 4.78 is 0. The zero-order valence-corrected chi connectivity index (χ0v) is 6.84. The SMILES string of the molecule is O=C(NCc1cc[nH]c1)C1CC1. The lowest BCUT2D eigenvalue weighted by molar-refractivity contribution is -0.122. The summed E-state index contributed by atoms with van der Waals surface area (Å²) in [5, 5.41) is 2.89. The first-order chi connectivity index (χ1) is 5.86. The predicted octanol–water partition coefficient (Wildman–Crippen LogP) is 1.04. The summed E-state index contributed by atoms with van der Waals surface area (Å²) >= 11 is 0. The van der Waals surface area contributed by atoms with Gasteiger partial charge in [-0.3, -0.25) is 4.79 Å². The molecule has 0 atom stereocenters. The molecule has 1 aliphatic rings. The minimum Gasteiger partial charge on any atom is -0.367 e. The third-order valence-electron chi connectivity index (χ3n) is 2.08. The number of carbonyl (C=O) groups is 1. The van der Waals surface area contributed by atoms with E-state index in [1.54, 1.807) is 0 Å². The van der Waals surface area contributed by atoms with Gasteiger partial charge in [0.05, 0.1) is 0 Å². The van der Waals surface area contributed by atoms with E-state index in [-0.39, 0.29) is 5.91 Å². The summed E-state index contributed by atoms with van der Waals surface area (Å²) in [5.41, 5.74) is 1.13. The maximum absolute atomic E-state index is 11.2. The topological polar surface area (TPSA) is 44.9 Å². The highest BCUT2D eigenvalue weighted by Gasteiger charge is 2.29. The van der Waals surface area contributed by atoms with Crippen LogP contribution >= 0.6 is 0 Å². The number of aromatic nitrogens is 1. The second kappa shape index (κ2) is 3.01. The molecular weight excluding hydrogens is 152 g/mol. The third kappa shape index (κ3) is 1.67. The van der Waals surface area contributed by atoms with Crippen molar-refractivity contribution < 1.29 is 4.79 Å². The molecule has 0 saturated heterocycles. The highest BCUT2D eigenvalue weighted by atomic mass is 16.2. The molecular formula is C9H12N2O. The Morgan fingerprint density at radius 1 is 1.67 bits per heavy atom. The van der Waals surface area contributed by atoms with Gasteiger partial charge in [0.1, 0.15) is 0 Å². The van der Waals surface area contributed by atoms with Gasteiger partial charge in [0, 0.05) is 24.9 Å². The van der Waals surface area contributed by atoms with E-state index in [4.69, 9.17) is 0 Å². The molecule has 0 bridgehead atoms. The van der Waals surface area contributed by atoms with Crippen LogP contribution in [0, 0.1) is 5.92 Å². The van der Waals surface area contributed by atoms with Crippen LogP contribution in [0.4, 0.5) is 0 Å². The maximum Gasteiger partial charge on any atom is 0.223 e. The number of hydrogen-bond acceptors (Lipinski definition) is 1. The van der Waals surface area contributed by atoms with Crippen molar-refractivity contribution in [2.75, 3.05) is 0 Å². The lowest BCUT2D eigenvalue weighted by atomic mass is 10.3. The zero-order valence-electron chi connectivity index (χ0n) is 6.84. The van der Waals surface area contributed by atoms with Gasteiger partial charge in [0.2, 0.25) is 5.91 Å². The van der Waals surface area contributed by atoms with E-state index in [9.17, 15) is 4.79 Å². The maximum atomic E-state index is 11.2. The fourth-order valence-corrected chi connectivity index (χ4v) is 1.15. The first-order valence-corrected chi connectivity index (χ1v) is 4.25. The highest BCUT2D eigenvalue weighted by Crippen LogP contribution is 2.28. The van der Waals surface area contributed by atoms with Crippen molar-refractivity contribution in [1.29, 1.82) is 0 Å². The Hall–Kier alpha value is -1.25. The van der Waals surface area contributed by atoms with Crippen molar-refractivity contribution >= 4 is 5.91 Å². The summed E-state index contributed by atoms with van der Waals surface area (Å²) in [4.78, 5) is 14.1. The van der Waals surface area contributed by atoms with Crippen LogP contribution in [0.25, 0.3) is 0 Å². The van der Waals surface area contributed by atoms with Crippen LogP contribution in [-0.2, 0) is 11.3 Å². The van der Waals surface area contributed by atoms with Crippen molar-refractivity contribution in [3.63, 3.8) is 0 Å². The molecule has 1 saturated carbocycles. The molecule has 1 aromatic rings. The van der Waals surface area contributed by atoms with Gasteiger partial charge in [0.25, 0.3) is 0 Å². The molecule has 1 fully saturated rings. The van der Waals surface area contributed by atoms with Gasteiger partial charge >= 0.3 is 0 Å². The summed E-state index contributed by atoms with van der Waals surface area (Å²) in [7, 11) is 0. The Balaban J connectivity index is 1.78. The van der Waals surface area contributed by atoms with Gasteiger partial charge in [-0.2, -0.15) is 0 Å². The lowest BCUT2D eigenvalue weighted by Crippen LogP contribution is -2.23. The molecule has 0 unspecified atom stereocenters. The summed E-state index contributed by atoms with van der Waals surface area (Å²) in [6.07, 6.45) is 5.89. The molecule has 1 aliphatic carbocycles. The van der Waals surface area contributed by atoms with E-state index in [1.807, 2.05) is 18.5 Å². The Bertz CT molecular complexity index is 262. The molecule has 12 heavy (non-hydrogen) atoms. The molecule has 0 aliphatic heterocycles. The summed E-state index contributed by atoms with van der Waals surface area (Å²) in [6, 6.07) is 1.97. The van der Waals surface area contributed by atoms with E-state index in [0.717, 1.165) is 18.4 Å².